The number of carbonyl (C=O) groups is 1. The predicted octanol–water partition coefficient (Wildman–Crippen LogP) is 1.62. The predicted molar refractivity (Wildman–Crippen MR) is 90.0 cm³/mol. The number of hydrogen-bond donors (Lipinski definition) is 1. The molecule has 0 aliphatic carbocycles. The van der Waals surface area contributed by atoms with Crippen LogP contribution in [0.25, 0.3) is 0 Å². The SMILES string of the molecule is CCOC(=O)Cn1nc(C)c(CN2CCCC(C(C)N)C2)c1C. The van der Waals surface area contributed by atoms with E-state index in [-0.39, 0.29) is 18.6 Å². The van der Waals surface area contributed by atoms with Gasteiger partial charge in [0.15, 0.2) is 0 Å². The van der Waals surface area contributed by atoms with Crippen molar-refractivity contribution >= 4 is 5.97 Å². The average molecular weight is 322 g/mol. The van der Waals surface area contributed by atoms with Crippen LogP contribution in [0.4, 0.5) is 0 Å². The van der Waals surface area contributed by atoms with Gasteiger partial charge in [0, 0.05) is 30.4 Å². The smallest absolute Gasteiger partial charge is 0.327 e. The molecule has 0 aromatic carbocycles. The lowest BCUT2D eigenvalue weighted by Gasteiger charge is -2.34. The number of ether oxygens (including phenoxy) is 1. The summed E-state index contributed by atoms with van der Waals surface area (Å²) in [6.07, 6.45) is 2.41. The van der Waals surface area contributed by atoms with Crippen molar-refractivity contribution in [1.82, 2.24) is 14.7 Å². The van der Waals surface area contributed by atoms with Gasteiger partial charge in [-0.2, -0.15) is 5.10 Å². The molecule has 23 heavy (non-hydrogen) atoms. The quantitative estimate of drug-likeness (QED) is 0.806. The monoisotopic (exact) mass is 322 g/mol. The van der Waals surface area contributed by atoms with Crippen molar-refractivity contribution in [2.75, 3.05) is 19.7 Å². The van der Waals surface area contributed by atoms with Crippen LogP contribution >= 0.6 is 0 Å². The van der Waals surface area contributed by atoms with Crippen LogP contribution in [-0.4, -0.2) is 46.4 Å². The first-order valence-electron chi connectivity index (χ1n) is 8.58. The maximum atomic E-state index is 11.7. The molecule has 1 aliphatic heterocycles. The first-order valence-corrected chi connectivity index (χ1v) is 8.58. The van der Waals surface area contributed by atoms with Gasteiger partial charge in [-0.1, -0.05) is 0 Å². The molecule has 2 N–H and O–H groups in total. The number of piperidine rings is 1. The average Bonchev–Trinajstić information content (AvgIpc) is 2.75. The third-order valence-corrected chi connectivity index (χ3v) is 4.78. The topological polar surface area (TPSA) is 73.4 Å². The van der Waals surface area contributed by atoms with E-state index in [1.165, 1.54) is 18.4 Å². The lowest BCUT2D eigenvalue weighted by Crippen LogP contribution is -2.42. The molecule has 1 aliphatic rings. The molecule has 6 heteroatoms. The summed E-state index contributed by atoms with van der Waals surface area (Å²) in [5.74, 6) is 0.332. The standard InChI is InChI=1S/C17H30N4O2/c1-5-23-17(22)11-21-14(4)16(13(3)19-21)10-20-8-6-7-15(9-20)12(2)18/h12,15H,5-11,18H2,1-4H3. The number of nitrogens with two attached hydrogens (primary N) is 1. The molecule has 6 nitrogen and oxygen atoms in total. The van der Waals surface area contributed by atoms with Crippen molar-refractivity contribution in [3.05, 3.63) is 17.0 Å². The van der Waals surface area contributed by atoms with Crippen molar-refractivity contribution in [2.24, 2.45) is 11.7 Å². The highest BCUT2D eigenvalue weighted by Crippen LogP contribution is 2.23. The fourth-order valence-electron chi connectivity index (χ4n) is 3.33. The number of likely N-dealkylation sites (tertiary alicyclic amines) is 1. The molecule has 2 heterocycles. The number of aromatic nitrogens is 2. The van der Waals surface area contributed by atoms with Gasteiger partial charge in [-0.05, 0) is 53.0 Å². The third-order valence-electron chi connectivity index (χ3n) is 4.78. The molecule has 0 amide bonds. The van der Waals surface area contributed by atoms with Crippen LogP contribution in [0.15, 0.2) is 0 Å². The van der Waals surface area contributed by atoms with Gasteiger partial charge in [0.2, 0.25) is 0 Å². The minimum absolute atomic E-state index is 0.184. The Morgan fingerprint density at radius 1 is 1.48 bits per heavy atom. The highest BCUT2D eigenvalue weighted by atomic mass is 16.5. The van der Waals surface area contributed by atoms with Crippen LogP contribution in [0, 0.1) is 19.8 Å². The lowest BCUT2D eigenvalue weighted by molar-refractivity contribution is -0.144. The normalized spacial score (nSPS) is 20.5. The molecule has 2 atom stereocenters. The summed E-state index contributed by atoms with van der Waals surface area (Å²) in [7, 11) is 0. The van der Waals surface area contributed by atoms with Crippen LogP contribution in [0.2, 0.25) is 0 Å². The molecule has 0 radical (unpaired) electrons. The van der Waals surface area contributed by atoms with E-state index < -0.39 is 0 Å². The maximum Gasteiger partial charge on any atom is 0.327 e. The Labute approximate surface area is 139 Å². The molecule has 1 aromatic heterocycles. The van der Waals surface area contributed by atoms with Gasteiger partial charge in [-0.3, -0.25) is 14.4 Å². The molecule has 1 saturated heterocycles. The maximum absolute atomic E-state index is 11.7. The van der Waals surface area contributed by atoms with Crippen molar-refractivity contribution < 1.29 is 9.53 Å². The highest BCUT2D eigenvalue weighted by Gasteiger charge is 2.24. The summed E-state index contributed by atoms with van der Waals surface area (Å²) in [6.45, 7) is 11.6. The van der Waals surface area contributed by atoms with E-state index in [2.05, 4.69) is 16.9 Å². The Morgan fingerprint density at radius 3 is 2.87 bits per heavy atom. The van der Waals surface area contributed by atoms with Gasteiger partial charge < -0.3 is 10.5 Å². The summed E-state index contributed by atoms with van der Waals surface area (Å²) < 4.78 is 6.78. The molecule has 1 fully saturated rings. The van der Waals surface area contributed by atoms with E-state index in [1.54, 1.807) is 4.68 Å². The number of hydrogen-bond acceptors (Lipinski definition) is 5. The second kappa shape index (κ2) is 7.93. The van der Waals surface area contributed by atoms with Crippen LogP contribution < -0.4 is 5.73 Å². The van der Waals surface area contributed by atoms with Gasteiger partial charge in [0.25, 0.3) is 0 Å². The Balaban J connectivity index is 2.05. The molecule has 0 bridgehead atoms. The van der Waals surface area contributed by atoms with E-state index in [0.29, 0.717) is 12.5 Å². The zero-order valence-electron chi connectivity index (χ0n) is 14.8. The molecule has 1 aromatic rings. The second-order valence-corrected chi connectivity index (χ2v) is 6.61. The summed E-state index contributed by atoms with van der Waals surface area (Å²) >= 11 is 0. The molecule has 2 unspecified atom stereocenters. The molecule has 130 valence electrons. The lowest BCUT2D eigenvalue weighted by atomic mass is 9.92. The minimum Gasteiger partial charge on any atom is -0.465 e. The van der Waals surface area contributed by atoms with Crippen molar-refractivity contribution in [1.29, 1.82) is 0 Å². The highest BCUT2D eigenvalue weighted by molar-refractivity contribution is 5.69. The minimum atomic E-state index is -0.236. The zero-order valence-corrected chi connectivity index (χ0v) is 14.8. The first-order chi connectivity index (χ1) is 10.9. The van der Waals surface area contributed by atoms with Gasteiger partial charge in [0.05, 0.1) is 12.3 Å². The van der Waals surface area contributed by atoms with Crippen molar-refractivity contribution in [3.63, 3.8) is 0 Å². The molecular weight excluding hydrogens is 292 g/mol. The molecule has 0 saturated carbocycles. The van der Waals surface area contributed by atoms with E-state index in [4.69, 9.17) is 10.5 Å². The Morgan fingerprint density at radius 2 is 2.22 bits per heavy atom. The van der Waals surface area contributed by atoms with E-state index >= 15 is 0 Å². The summed E-state index contributed by atoms with van der Waals surface area (Å²) in [5.41, 5.74) is 9.35. The summed E-state index contributed by atoms with van der Waals surface area (Å²) in [5, 5.41) is 4.52. The number of nitrogens with zero attached hydrogens (tertiary/aromatic N) is 3. The van der Waals surface area contributed by atoms with Crippen LogP contribution in [-0.2, 0) is 22.6 Å². The number of esters is 1. The fourth-order valence-corrected chi connectivity index (χ4v) is 3.33. The first kappa shape index (κ1) is 17.9. The van der Waals surface area contributed by atoms with Crippen molar-refractivity contribution in [2.45, 2.75) is 59.7 Å². The molecule has 2 rings (SSSR count). The molecule has 0 spiro atoms. The van der Waals surface area contributed by atoms with Crippen LogP contribution in [0.3, 0.4) is 0 Å². The third kappa shape index (κ3) is 4.54. The van der Waals surface area contributed by atoms with E-state index in [1.807, 2.05) is 20.8 Å². The largest absolute Gasteiger partial charge is 0.465 e. The Kier molecular flexibility index (Phi) is 6.18. The Hall–Kier alpha value is -1.40. The van der Waals surface area contributed by atoms with Crippen molar-refractivity contribution in [3.8, 4) is 0 Å². The Bertz CT molecular complexity index is 539. The van der Waals surface area contributed by atoms with E-state index in [9.17, 15) is 4.79 Å². The van der Waals surface area contributed by atoms with Crippen LogP contribution in [0.1, 0.15) is 43.6 Å². The molecular formula is C17H30N4O2. The van der Waals surface area contributed by atoms with Gasteiger partial charge in [-0.25, -0.2) is 0 Å². The fraction of sp³-hybridized carbons (Fsp3) is 0.765. The zero-order chi connectivity index (χ0) is 17.0. The number of rotatable bonds is 6. The van der Waals surface area contributed by atoms with Crippen LogP contribution in [0.5, 0.6) is 0 Å². The number of carbonyl (C=O) groups excluding carboxylic acids is 1. The van der Waals surface area contributed by atoms with Gasteiger partial charge in [0.1, 0.15) is 6.54 Å². The summed E-state index contributed by atoms with van der Waals surface area (Å²) in [6, 6.07) is 0.242. The van der Waals surface area contributed by atoms with Gasteiger partial charge >= 0.3 is 5.97 Å². The second-order valence-electron chi connectivity index (χ2n) is 6.61. The van der Waals surface area contributed by atoms with E-state index in [0.717, 1.165) is 31.0 Å². The van der Waals surface area contributed by atoms with Gasteiger partial charge in [-0.15, -0.1) is 0 Å². The number of aryl methyl sites for hydroxylation is 1. The summed E-state index contributed by atoms with van der Waals surface area (Å²) in [4.78, 5) is 14.1.